The summed E-state index contributed by atoms with van der Waals surface area (Å²) in [4.78, 5) is 39.2. The Balaban J connectivity index is 0.00000267. The Kier molecular flexibility index (Phi) is 12.2. The summed E-state index contributed by atoms with van der Waals surface area (Å²) in [5.74, 6) is 0.272. The van der Waals surface area contributed by atoms with Gasteiger partial charge in [0.1, 0.15) is 11.2 Å². The third kappa shape index (κ3) is 7.69. The zero-order chi connectivity index (χ0) is 26.4. The number of fused-ring (bicyclic) bond motifs is 1. The number of amides is 2. The van der Waals surface area contributed by atoms with E-state index in [-0.39, 0.29) is 36.6 Å². The number of ether oxygens (including phenoxy) is 1. The molecular formula is C28H37Cl2N5O3S. The summed E-state index contributed by atoms with van der Waals surface area (Å²) in [6.45, 7) is 7.93. The lowest BCUT2D eigenvalue weighted by Crippen LogP contribution is -2.47. The number of benzene rings is 1. The minimum atomic E-state index is -1.12. The Bertz CT molecular complexity index is 1240. The molecule has 2 aromatic heterocycles. The van der Waals surface area contributed by atoms with E-state index < -0.39 is 5.41 Å². The van der Waals surface area contributed by atoms with Gasteiger partial charge in [-0.05, 0) is 63.9 Å². The van der Waals surface area contributed by atoms with Gasteiger partial charge in [0.2, 0.25) is 11.8 Å². The smallest absolute Gasteiger partial charge is 0.242 e. The molecule has 39 heavy (non-hydrogen) atoms. The van der Waals surface area contributed by atoms with Crippen LogP contribution in [0.25, 0.3) is 0 Å². The largest absolute Gasteiger partial charge is 0.493 e. The fourth-order valence-electron chi connectivity index (χ4n) is 4.41. The van der Waals surface area contributed by atoms with E-state index in [1.807, 2.05) is 43.6 Å². The van der Waals surface area contributed by atoms with Gasteiger partial charge in [-0.25, -0.2) is 4.98 Å². The Labute approximate surface area is 247 Å². The Morgan fingerprint density at radius 3 is 2.56 bits per heavy atom. The lowest BCUT2D eigenvalue weighted by Gasteiger charge is -2.27. The molecule has 3 heterocycles. The van der Waals surface area contributed by atoms with Crippen molar-refractivity contribution in [2.24, 2.45) is 5.41 Å². The number of aryl methyl sites for hydroxylation is 2. The van der Waals surface area contributed by atoms with Crippen LogP contribution in [-0.2, 0) is 29.0 Å². The minimum absolute atomic E-state index is 0. The summed E-state index contributed by atoms with van der Waals surface area (Å²) in [5, 5.41) is 4.60. The normalized spacial score (nSPS) is 14.3. The molecule has 212 valence electrons. The average Bonchev–Trinajstić information content (AvgIpc) is 3.35. The van der Waals surface area contributed by atoms with Gasteiger partial charge in [0.15, 0.2) is 0 Å². The number of hydrogen-bond donors (Lipinski definition) is 1. The molecule has 0 atom stereocenters. The maximum atomic E-state index is 13.0. The molecule has 8 nitrogen and oxygen atoms in total. The first-order valence-corrected chi connectivity index (χ1v) is 13.5. The van der Waals surface area contributed by atoms with Crippen LogP contribution in [0.4, 0.5) is 11.4 Å². The van der Waals surface area contributed by atoms with E-state index in [1.54, 1.807) is 48.2 Å². The summed E-state index contributed by atoms with van der Waals surface area (Å²) in [5.41, 5.74) is 1.53. The number of rotatable bonds is 11. The molecule has 3 aromatic rings. The van der Waals surface area contributed by atoms with Crippen molar-refractivity contribution in [2.45, 2.75) is 46.6 Å². The predicted molar refractivity (Wildman–Crippen MR) is 162 cm³/mol. The molecule has 1 aromatic carbocycles. The Hall–Kier alpha value is -2.72. The van der Waals surface area contributed by atoms with Crippen molar-refractivity contribution in [1.29, 1.82) is 0 Å². The topological polar surface area (TPSA) is 87.7 Å². The molecule has 0 radical (unpaired) electrons. The summed E-state index contributed by atoms with van der Waals surface area (Å²) < 4.78 is 5.98. The number of carbonyl (C=O) groups is 2. The van der Waals surface area contributed by atoms with Gasteiger partial charge < -0.3 is 19.9 Å². The van der Waals surface area contributed by atoms with Crippen LogP contribution in [0, 0.1) is 5.41 Å². The molecule has 2 amide bonds. The molecule has 0 bridgehead atoms. The number of aromatic nitrogens is 2. The van der Waals surface area contributed by atoms with Crippen molar-refractivity contribution < 1.29 is 14.3 Å². The second-order valence-corrected chi connectivity index (χ2v) is 10.8. The van der Waals surface area contributed by atoms with Gasteiger partial charge in [0, 0.05) is 56.1 Å². The van der Waals surface area contributed by atoms with E-state index >= 15 is 0 Å². The standard InChI is InChI=1S/C28H35N5O3S.2ClH/c1-5-33-23-11-10-21(16-24(23)32(4)26(34)28(2,3)27(33)35)36-15-7-14-30-18-22-19-31-25(37-22)12-9-20-8-6-13-29-17-20;;/h6,8,10-11,13,16-17,19,30H,5,7,9,12,14-15,18H2,1-4H3;2*1H. The lowest BCUT2D eigenvalue weighted by atomic mass is 9.90. The quantitative estimate of drug-likeness (QED) is 0.246. The van der Waals surface area contributed by atoms with Gasteiger partial charge in [0.25, 0.3) is 0 Å². The van der Waals surface area contributed by atoms with Crippen molar-refractivity contribution >= 4 is 59.3 Å². The first-order chi connectivity index (χ1) is 17.8. The van der Waals surface area contributed by atoms with E-state index in [0.717, 1.165) is 43.0 Å². The monoisotopic (exact) mass is 593 g/mol. The van der Waals surface area contributed by atoms with Crippen molar-refractivity contribution in [1.82, 2.24) is 15.3 Å². The highest BCUT2D eigenvalue weighted by molar-refractivity contribution is 7.11. The van der Waals surface area contributed by atoms with Crippen LogP contribution in [0.2, 0.25) is 0 Å². The Morgan fingerprint density at radius 1 is 1.05 bits per heavy atom. The van der Waals surface area contributed by atoms with Gasteiger partial charge in [-0.3, -0.25) is 14.6 Å². The van der Waals surface area contributed by atoms with Crippen LogP contribution in [0.5, 0.6) is 5.75 Å². The van der Waals surface area contributed by atoms with Crippen LogP contribution < -0.4 is 19.9 Å². The number of anilines is 2. The van der Waals surface area contributed by atoms with E-state index in [1.165, 1.54) is 10.4 Å². The first kappa shape index (κ1) is 32.5. The molecule has 0 unspecified atom stereocenters. The number of nitrogens with one attached hydrogen (secondary N) is 1. The average molecular weight is 595 g/mol. The van der Waals surface area contributed by atoms with Gasteiger partial charge in [0.05, 0.1) is 23.0 Å². The SMILES string of the molecule is CCN1C(=O)C(C)(C)C(=O)N(C)c2cc(OCCCNCc3cnc(CCc4cccnc4)s3)ccc21.Cl.Cl. The highest BCUT2D eigenvalue weighted by Gasteiger charge is 2.45. The zero-order valence-electron chi connectivity index (χ0n) is 22.8. The summed E-state index contributed by atoms with van der Waals surface area (Å²) in [7, 11) is 1.72. The molecule has 0 spiro atoms. The fourth-order valence-corrected chi connectivity index (χ4v) is 5.30. The number of halogens is 2. The number of thiazole rings is 1. The van der Waals surface area contributed by atoms with E-state index in [0.29, 0.717) is 24.6 Å². The number of carbonyl (C=O) groups excluding carboxylic acids is 2. The summed E-state index contributed by atoms with van der Waals surface area (Å²) >= 11 is 1.74. The van der Waals surface area contributed by atoms with E-state index in [4.69, 9.17) is 4.74 Å². The second-order valence-electron chi connectivity index (χ2n) is 9.65. The molecular weight excluding hydrogens is 557 g/mol. The maximum Gasteiger partial charge on any atom is 0.242 e. The summed E-state index contributed by atoms with van der Waals surface area (Å²) in [6.07, 6.45) is 8.36. The van der Waals surface area contributed by atoms with Crippen LogP contribution in [0.3, 0.4) is 0 Å². The summed E-state index contributed by atoms with van der Waals surface area (Å²) in [6, 6.07) is 9.64. The maximum absolute atomic E-state index is 13.0. The van der Waals surface area contributed by atoms with Crippen molar-refractivity contribution in [2.75, 3.05) is 36.5 Å². The van der Waals surface area contributed by atoms with Crippen molar-refractivity contribution in [3.63, 3.8) is 0 Å². The van der Waals surface area contributed by atoms with Gasteiger partial charge in [-0.15, -0.1) is 36.2 Å². The molecule has 11 heteroatoms. The molecule has 1 N–H and O–H groups in total. The van der Waals surface area contributed by atoms with Crippen LogP contribution in [0.15, 0.2) is 48.9 Å². The molecule has 0 fully saturated rings. The van der Waals surface area contributed by atoms with Gasteiger partial charge in [-0.2, -0.15) is 0 Å². The zero-order valence-corrected chi connectivity index (χ0v) is 25.3. The van der Waals surface area contributed by atoms with Gasteiger partial charge >= 0.3 is 0 Å². The predicted octanol–water partition coefficient (Wildman–Crippen LogP) is 5.08. The molecule has 1 aliphatic heterocycles. The van der Waals surface area contributed by atoms with Crippen LogP contribution in [0.1, 0.15) is 42.6 Å². The molecule has 0 saturated heterocycles. The van der Waals surface area contributed by atoms with E-state index in [9.17, 15) is 9.59 Å². The van der Waals surface area contributed by atoms with Crippen LogP contribution >= 0.6 is 36.2 Å². The number of hydrogen-bond acceptors (Lipinski definition) is 7. The molecule has 0 aliphatic carbocycles. The number of nitrogens with zero attached hydrogens (tertiary/aromatic N) is 4. The third-order valence-electron chi connectivity index (χ3n) is 6.55. The third-order valence-corrected chi connectivity index (χ3v) is 7.61. The highest BCUT2D eigenvalue weighted by Crippen LogP contribution is 2.40. The molecule has 1 aliphatic rings. The van der Waals surface area contributed by atoms with E-state index in [2.05, 4.69) is 21.4 Å². The Morgan fingerprint density at radius 2 is 1.85 bits per heavy atom. The molecule has 4 rings (SSSR count). The second kappa shape index (κ2) is 14.6. The van der Waals surface area contributed by atoms with Crippen molar-refractivity contribution in [3.05, 3.63) is 64.4 Å². The van der Waals surface area contributed by atoms with Crippen LogP contribution in [-0.4, -0.2) is 48.5 Å². The van der Waals surface area contributed by atoms with Gasteiger partial charge in [-0.1, -0.05) is 6.07 Å². The first-order valence-electron chi connectivity index (χ1n) is 12.7. The lowest BCUT2D eigenvalue weighted by molar-refractivity contribution is -0.137. The highest BCUT2D eigenvalue weighted by atomic mass is 35.5. The minimum Gasteiger partial charge on any atom is -0.493 e. The fraction of sp³-hybridized carbons (Fsp3) is 0.429. The molecule has 0 saturated carbocycles. The number of pyridine rings is 1. The van der Waals surface area contributed by atoms with Crippen molar-refractivity contribution in [3.8, 4) is 5.75 Å².